The molecular weight excluding hydrogens is 216 g/mol. The Labute approximate surface area is 99.9 Å². The molecule has 4 heteroatoms. The van der Waals surface area contributed by atoms with Crippen molar-refractivity contribution < 1.29 is 9.52 Å². The van der Waals surface area contributed by atoms with Crippen LogP contribution in [0.25, 0.3) is 11.1 Å². The third-order valence-electron chi connectivity index (χ3n) is 3.39. The summed E-state index contributed by atoms with van der Waals surface area (Å²) in [6.45, 7) is 4.11. The van der Waals surface area contributed by atoms with Gasteiger partial charge in [-0.05, 0) is 18.6 Å². The van der Waals surface area contributed by atoms with Crippen molar-refractivity contribution in [3.8, 4) is 0 Å². The molecule has 0 aliphatic carbocycles. The minimum absolute atomic E-state index is 0.494. The SMILES string of the molecule is CCC1(O)CN(Cc2nc3ccccc3o2)C1. The van der Waals surface area contributed by atoms with Gasteiger partial charge >= 0.3 is 0 Å². The summed E-state index contributed by atoms with van der Waals surface area (Å²) < 4.78 is 5.64. The fourth-order valence-electron chi connectivity index (χ4n) is 2.30. The van der Waals surface area contributed by atoms with Crippen molar-refractivity contribution in [2.45, 2.75) is 25.5 Å². The number of benzene rings is 1. The van der Waals surface area contributed by atoms with Gasteiger partial charge in [0.15, 0.2) is 5.58 Å². The first kappa shape index (κ1) is 10.7. The number of para-hydroxylation sites is 2. The Morgan fingerprint density at radius 2 is 2.18 bits per heavy atom. The molecule has 1 saturated heterocycles. The maximum absolute atomic E-state index is 9.91. The van der Waals surface area contributed by atoms with E-state index in [0.29, 0.717) is 19.6 Å². The number of aromatic nitrogens is 1. The van der Waals surface area contributed by atoms with Gasteiger partial charge in [0.1, 0.15) is 5.52 Å². The lowest BCUT2D eigenvalue weighted by Crippen LogP contribution is -2.60. The summed E-state index contributed by atoms with van der Waals surface area (Å²) in [7, 11) is 0. The molecule has 2 heterocycles. The summed E-state index contributed by atoms with van der Waals surface area (Å²) in [6.07, 6.45) is 0.803. The number of rotatable bonds is 3. The lowest BCUT2D eigenvalue weighted by atomic mass is 9.91. The van der Waals surface area contributed by atoms with Gasteiger partial charge in [-0.15, -0.1) is 0 Å². The molecule has 1 aliphatic rings. The van der Waals surface area contributed by atoms with Gasteiger partial charge in [0.05, 0.1) is 12.1 Å². The van der Waals surface area contributed by atoms with E-state index >= 15 is 0 Å². The van der Waals surface area contributed by atoms with Gasteiger partial charge in [0.25, 0.3) is 0 Å². The number of nitrogens with zero attached hydrogens (tertiary/aromatic N) is 2. The first-order chi connectivity index (χ1) is 8.18. The number of fused-ring (bicyclic) bond motifs is 1. The van der Waals surface area contributed by atoms with E-state index in [2.05, 4.69) is 9.88 Å². The van der Waals surface area contributed by atoms with Crippen LogP contribution in [0, 0.1) is 0 Å². The van der Waals surface area contributed by atoms with Gasteiger partial charge in [-0.25, -0.2) is 4.98 Å². The fraction of sp³-hybridized carbons (Fsp3) is 0.462. The highest BCUT2D eigenvalue weighted by Crippen LogP contribution is 2.26. The Hall–Kier alpha value is -1.39. The molecule has 1 aromatic heterocycles. The molecule has 1 aromatic carbocycles. The zero-order chi connectivity index (χ0) is 11.9. The first-order valence-electron chi connectivity index (χ1n) is 5.98. The second kappa shape index (κ2) is 3.82. The number of aliphatic hydroxyl groups is 1. The predicted octanol–water partition coefficient (Wildman–Crippen LogP) is 1.78. The third-order valence-corrected chi connectivity index (χ3v) is 3.39. The normalized spacial score (nSPS) is 19.4. The molecule has 0 saturated carbocycles. The highest BCUT2D eigenvalue weighted by Gasteiger charge is 2.39. The van der Waals surface area contributed by atoms with E-state index in [1.165, 1.54) is 0 Å². The molecular formula is C13H16N2O2. The molecule has 3 rings (SSSR count). The molecule has 90 valence electrons. The standard InChI is InChI=1S/C13H16N2O2/c1-2-13(16)8-15(9-13)7-12-14-10-5-3-4-6-11(10)17-12/h3-6,16H,2,7-9H2,1H3. The molecule has 0 unspecified atom stereocenters. The Balaban J connectivity index is 1.70. The van der Waals surface area contributed by atoms with E-state index in [9.17, 15) is 5.11 Å². The summed E-state index contributed by atoms with van der Waals surface area (Å²) in [6, 6.07) is 7.76. The van der Waals surface area contributed by atoms with Crippen LogP contribution in [-0.4, -0.2) is 33.7 Å². The summed E-state index contributed by atoms with van der Waals surface area (Å²) >= 11 is 0. The molecule has 0 amide bonds. The van der Waals surface area contributed by atoms with Gasteiger partial charge < -0.3 is 9.52 Å². The molecule has 17 heavy (non-hydrogen) atoms. The molecule has 1 fully saturated rings. The van der Waals surface area contributed by atoms with Crippen molar-refractivity contribution in [1.29, 1.82) is 0 Å². The average molecular weight is 232 g/mol. The Kier molecular flexibility index (Phi) is 2.42. The van der Waals surface area contributed by atoms with Crippen LogP contribution in [0.5, 0.6) is 0 Å². The largest absolute Gasteiger partial charge is 0.439 e. The number of hydrogen-bond donors (Lipinski definition) is 1. The number of oxazole rings is 1. The van der Waals surface area contributed by atoms with Gasteiger partial charge in [-0.3, -0.25) is 4.90 Å². The van der Waals surface area contributed by atoms with Crippen molar-refractivity contribution in [3.05, 3.63) is 30.2 Å². The summed E-state index contributed by atoms with van der Waals surface area (Å²) in [4.78, 5) is 6.57. The van der Waals surface area contributed by atoms with Crippen LogP contribution in [0.3, 0.4) is 0 Å². The van der Waals surface area contributed by atoms with E-state index < -0.39 is 5.60 Å². The summed E-state index contributed by atoms with van der Waals surface area (Å²) in [5.74, 6) is 0.726. The van der Waals surface area contributed by atoms with E-state index in [0.717, 1.165) is 23.4 Å². The molecule has 4 nitrogen and oxygen atoms in total. The predicted molar refractivity (Wildman–Crippen MR) is 64.5 cm³/mol. The maximum atomic E-state index is 9.91. The van der Waals surface area contributed by atoms with Crippen LogP contribution in [0.15, 0.2) is 28.7 Å². The zero-order valence-corrected chi connectivity index (χ0v) is 9.89. The second-order valence-corrected chi connectivity index (χ2v) is 4.80. The average Bonchev–Trinajstić information content (AvgIpc) is 2.69. The zero-order valence-electron chi connectivity index (χ0n) is 9.89. The minimum atomic E-state index is -0.494. The number of β-amino-alcohol motifs (C(OH)–C–C–N with tert-alkyl or cyclic N) is 1. The molecule has 0 atom stereocenters. The highest BCUT2D eigenvalue weighted by atomic mass is 16.3. The first-order valence-corrected chi connectivity index (χ1v) is 5.98. The van der Waals surface area contributed by atoms with Crippen molar-refractivity contribution in [3.63, 3.8) is 0 Å². The summed E-state index contributed by atoms with van der Waals surface area (Å²) in [5.41, 5.74) is 1.23. The van der Waals surface area contributed by atoms with Gasteiger partial charge in [-0.1, -0.05) is 19.1 Å². The number of hydrogen-bond acceptors (Lipinski definition) is 4. The molecule has 0 radical (unpaired) electrons. The summed E-state index contributed by atoms with van der Waals surface area (Å²) in [5, 5.41) is 9.91. The highest BCUT2D eigenvalue weighted by molar-refractivity contribution is 5.72. The van der Waals surface area contributed by atoms with E-state index in [1.54, 1.807) is 0 Å². The van der Waals surface area contributed by atoms with E-state index in [1.807, 2.05) is 31.2 Å². The van der Waals surface area contributed by atoms with Crippen LogP contribution < -0.4 is 0 Å². The minimum Gasteiger partial charge on any atom is -0.439 e. The van der Waals surface area contributed by atoms with Crippen molar-refractivity contribution in [1.82, 2.24) is 9.88 Å². The van der Waals surface area contributed by atoms with E-state index in [-0.39, 0.29) is 0 Å². The van der Waals surface area contributed by atoms with Crippen molar-refractivity contribution in [2.24, 2.45) is 0 Å². The maximum Gasteiger partial charge on any atom is 0.209 e. The van der Waals surface area contributed by atoms with Crippen LogP contribution in [0.2, 0.25) is 0 Å². The molecule has 0 bridgehead atoms. The topological polar surface area (TPSA) is 49.5 Å². The fourth-order valence-corrected chi connectivity index (χ4v) is 2.30. The van der Waals surface area contributed by atoms with Crippen molar-refractivity contribution in [2.75, 3.05) is 13.1 Å². The monoisotopic (exact) mass is 232 g/mol. The van der Waals surface area contributed by atoms with Crippen molar-refractivity contribution >= 4 is 11.1 Å². The van der Waals surface area contributed by atoms with Gasteiger partial charge in [-0.2, -0.15) is 0 Å². The quantitative estimate of drug-likeness (QED) is 0.876. The van der Waals surface area contributed by atoms with Crippen LogP contribution in [0.1, 0.15) is 19.2 Å². The van der Waals surface area contributed by atoms with Gasteiger partial charge in [0.2, 0.25) is 5.89 Å². The second-order valence-electron chi connectivity index (χ2n) is 4.80. The number of likely N-dealkylation sites (tertiary alicyclic amines) is 1. The molecule has 1 N–H and O–H groups in total. The third kappa shape index (κ3) is 1.94. The van der Waals surface area contributed by atoms with E-state index in [4.69, 9.17) is 4.42 Å². The Morgan fingerprint density at radius 3 is 2.88 bits per heavy atom. The smallest absolute Gasteiger partial charge is 0.209 e. The van der Waals surface area contributed by atoms with Crippen LogP contribution in [0.4, 0.5) is 0 Å². The lowest BCUT2D eigenvalue weighted by Gasteiger charge is -2.45. The molecule has 0 spiro atoms. The molecule has 2 aromatic rings. The van der Waals surface area contributed by atoms with Crippen LogP contribution >= 0.6 is 0 Å². The lowest BCUT2D eigenvalue weighted by molar-refractivity contribution is -0.105. The Bertz CT molecular complexity index is 496. The Morgan fingerprint density at radius 1 is 1.41 bits per heavy atom. The van der Waals surface area contributed by atoms with Crippen LogP contribution in [-0.2, 0) is 6.54 Å². The molecule has 1 aliphatic heterocycles. The van der Waals surface area contributed by atoms with Gasteiger partial charge in [0, 0.05) is 13.1 Å².